The number of aryl methyl sites for hydroxylation is 1. The van der Waals surface area contributed by atoms with E-state index in [0.717, 1.165) is 0 Å². The third-order valence-electron chi connectivity index (χ3n) is 1.92. The Hall–Kier alpha value is -1.09. The standard InChI is InChI=1S/C10H10ClFO2/c1-6-3-8(12)4-7(5-11)9(6)10(13)14-2/h3-4H,5H2,1-2H3. The first-order valence-corrected chi connectivity index (χ1v) is 4.57. The summed E-state index contributed by atoms with van der Waals surface area (Å²) in [6.45, 7) is 1.64. The lowest BCUT2D eigenvalue weighted by Gasteiger charge is -2.08. The summed E-state index contributed by atoms with van der Waals surface area (Å²) in [5.41, 5.74) is 1.34. The second-order valence-corrected chi connectivity index (χ2v) is 3.15. The molecule has 0 unspecified atom stereocenters. The number of carbonyl (C=O) groups is 1. The number of hydrogen-bond acceptors (Lipinski definition) is 2. The number of ether oxygens (including phenoxy) is 1. The molecule has 0 saturated carbocycles. The van der Waals surface area contributed by atoms with Gasteiger partial charge < -0.3 is 4.74 Å². The lowest BCUT2D eigenvalue weighted by atomic mass is 10.0. The van der Waals surface area contributed by atoms with Crippen LogP contribution in [0.4, 0.5) is 4.39 Å². The van der Waals surface area contributed by atoms with Gasteiger partial charge in [0, 0.05) is 5.88 Å². The zero-order valence-corrected chi connectivity index (χ0v) is 8.69. The van der Waals surface area contributed by atoms with Gasteiger partial charge in [0.05, 0.1) is 12.7 Å². The summed E-state index contributed by atoms with van der Waals surface area (Å²) >= 11 is 5.60. The van der Waals surface area contributed by atoms with Crippen LogP contribution < -0.4 is 0 Å². The predicted octanol–water partition coefficient (Wildman–Crippen LogP) is 2.66. The Bertz CT molecular complexity index is 363. The van der Waals surface area contributed by atoms with Gasteiger partial charge >= 0.3 is 5.97 Å². The zero-order valence-electron chi connectivity index (χ0n) is 7.93. The maximum absolute atomic E-state index is 13.0. The van der Waals surface area contributed by atoms with Gasteiger partial charge in [-0.15, -0.1) is 11.6 Å². The molecule has 0 amide bonds. The van der Waals surface area contributed by atoms with E-state index in [4.69, 9.17) is 11.6 Å². The number of esters is 1. The van der Waals surface area contributed by atoms with Gasteiger partial charge in [-0.2, -0.15) is 0 Å². The highest BCUT2D eigenvalue weighted by Crippen LogP contribution is 2.19. The number of alkyl halides is 1. The minimum atomic E-state index is -0.488. The van der Waals surface area contributed by atoms with Gasteiger partial charge in [0.2, 0.25) is 0 Å². The van der Waals surface area contributed by atoms with E-state index in [1.54, 1.807) is 6.92 Å². The molecule has 1 aromatic rings. The molecular formula is C10H10ClFO2. The highest BCUT2D eigenvalue weighted by molar-refractivity contribution is 6.17. The minimum absolute atomic E-state index is 0.0863. The lowest BCUT2D eigenvalue weighted by molar-refractivity contribution is 0.0599. The first-order chi connectivity index (χ1) is 6.60. The third kappa shape index (κ3) is 2.04. The van der Waals surface area contributed by atoms with Gasteiger partial charge in [-0.3, -0.25) is 0 Å². The Balaban J connectivity index is 3.32. The molecule has 0 heterocycles. The summed E-state index contributed by atoms with van der Waals surface area (Å²) in [6.07, 6.45) is 0. The van der Waals surface area contributed by atoms with Crippen LogP contribution in [0.5, 0.6) is 0 Å². The Kier molecular flexibility index (Phi) is 3.47. The van der Waals surface area contributed by atoms with Crippen molar-refractivity contribution in [2.45, 2.75) is 12.8 Å². The van der Waals surface area contributed by atoms with Crippen LogP contribution in [0.1, 0.15) is 21.5 Å². The molecule has 0 radical (unpaired) electrons. The van der Waals surface area contributed by atoms with Gasteiger partial charge in [-0.05, 0) is 30.2 Å². The summed E-state index contributed by atoms with van der Waals surface area (Å²) in [5.74, 6) is -0.799. The van der Waals surface area contributed by atoms with E-state index in [-0.39, 0.29) is 5.88 Å². The van der Waals surface area contributed by atoms with Crippen LogP contribution in [0, 0.1) is 12.7 Å². The maximum Gasteiger partial charge on any atom is 0.338 e. The van der Waals surface area contributed by atoms with Gasteiger partial charge in [0.1, 0.15) is 5.82 Å². The van der Waals surface area contributed by atoms with Crippen molar-refractivity contribution in [1.29, 1.82) is 0 Å². The van der Waals surface area contributed by atoms with Gasteiger partial charge in [-0.25, -0.2) is 9.18 Å². The summed E-state index contributed by atoms with van der Waals surface area (Å²) in [7, 11) is 1.28. The second kappa shape index (κ2) is 4.42. The van der Waals surface area contributed by atoms with Crippen molar-refractivity contribution in [3.63, 3.8) is 0 Å². The average molecular weight is 217 g/mol. The van der Waals surface area contributed by atoms with E-state index in [1.807, 2.05) is 0 Å². The van der Waals surface area contributed by atoms with Crippen LogP contribution in [0.15, 0.2) is 12.1 Å². The van der Waals surface area contributed by atoms with Crippen molar-refractivity contribution in [1.82, 2.24) is 0 Å². The van der Waals surface area contributed by atoms with Crippen LogP contribution in [0.25, 0.3) is 0 Å². The molecule has 1 aromatic carbocycles. The van der Waals surface area contributed by atoms with Crippen molar-refractivity contribution in [3.05, 3.63) is 34.6 Å². The predicted molar refractivity (Wildman–Crippen MR) is 52.0 cm³/mol. The molecule has 0 fully saturated rings. The van der Waals surface area contributed by atoms with E-state index in [1.165, 1.54) is 19.2 Å². The molecular weight excluding hydrogens is 207 g/mol. The number of methoxy groups -OCH3 is 1. The Labute approximate surface area is 86.6 Å². The molecule has 1 rings (SSSR count). The molecule has 0 N–H and O–H groups in total. The molecule has 0 spiro atoms. The molecule has 2 nitrogen and oxygen atoms in total. The van der Waals surface area contributed by atoms with Crippen LogP contribution in [0.2, 0.25) is 0 Å². The third-order valence-corrected chi connectivity index (χ3v) is 2.20. The largest absolute Gasteiger partial charge is 0.465 e. The molecule has 0 aliphatic heterocycles. The van der Waals surface area contributed by atoms with Crippen LogP contribution in [-0.4, -0.2) is 13.1 Å². The van der Waals surface area contributed by atoms with Gasteiger partial charge in [0.15, 0.2) is 0 Å². The van der Waals surface area contributed by atoms with Crippen molar-refractivity contribution >= 4 is 17.6 Å². The SMILES string of the molecule is COC(=O)c1c(C)cc(F)cc1CCl. The zero-order chi connectivity index (χ0) is 10.7. The van der Waals surface area contributed by atoms with Crippen molar-refractivity contribution < 1.29 is 13.9 Å². The molecule has 14 heavy (non-hydrogen) atoms. The smallest absolute Gasteiger partial charge is 0.338 e. The number of hydrogen-bond donors (Lipinski definition) is 0. The molecule has 76 valence electrons. The summed E-state index contributed by atoms with van der Waals surface area (Å²) in [5, 5.41) is 0. The van der Waals surface area contributed by atoms with Crippen LogP contribution >= 0.6 is 11.6 Å². The number of rotatable bonds is 2. The highest BCUT2D eigenvalue weighted by atomic mass is 35.5. The molecule has 0 atom stereocenters. The van der Waals surface area contributed by atoms with E-state index >= 15 is 0 Å². The fourth-order valence-corrected chi connectivity index (χ4v) is 1.52. The average Bonchev–Trinajstić information content (AvgIpc) is 2.15. The van der Waals surface area contributed by atoms with Crippen LogP contribution in [-0.2, 0) is 10.6 Å². The highest BCUT2D eigenvalue weighted by Gasteiger charge is 2.15. The van der Waals surface area contributed by atoms with E-state index in [9.17, 15) is 9.18 Å². The quantitative estimate of drug-likeness (QED) is 0.561. The monoisotopic (exact) mass is 216 g/mol. The summed E-state index contributed by atoms with van der Waals surface area (Å²) in [4.78, 5) is 11.3. The fourth-order valence-electron chi connectivity index (χ4n) is 1.31. The normalized spacial score (nSPS) is 10.0. The topological polar surface area (TPSA) is 26.3 Å². The number of benzene rings is 1. The molecule has 0 aliphatic carbocycles. The van der Waals surface area contributed by atoms with E-state index in [0.29, 0.717) is 16.7 Å². The molecule has 0 aromatic heterocycles. The first kappa shape index (κ1) is 11.0. The van der Waals surface area contributed by atoms with Gasteiger partial charge in [0.25, 0.3) is 0 Å². The van der Waals surface area contributed by atoms with E-state index in [2.05, 4.69) is 4.74 Å². The molecule has 0 aliphatic rings. The van der Waals surface area contributed by atoms with E-state index < -0.39 is 11.8 Å². The Morgan fingerprint density at radius 3 is 2.71 bits per heavy atom. The van der Waals surface area contributed by atoms with Crippen molar-refractivity contribution in [2.75, 3.05) is 7.11 Å². The molecule has 0 saturated heterocycles. The Morgan fingerprint density at radius 2 is 2.21 bits per heavy atom. The first-order valence-electron chi connectivity index (χ1n) is 4.03. The molecule has 0 bridgehead atoms. The maximum atomic E-state index is 13.0. The van der Waals surface area contributed by atoms with Gasteiger partial charge in [-0.1, -0.05) is 0 Å². The Morgan fingerprint density at radius 1 is 1.57 bits per heavy atom. The van der Waals surface area contributed by atoms with Crippen molar-refractivity contribution in [3.8, 4) is 0 Å². The number of carbonyl (C=O) groups excluding carboxylic acids is 1. The molecule has 4 heteroatoms. The number of halogens is 2. The minimum Gasteiger partial charge on any atom is -0.465 e. The van der Waals surface area contributed by atoms with Crippen molar-refractivity contribution in [2.24, 2.45) is 0 Å². The second-order valence-electron chi connectivity index (χ2n) is 2.88. The van der Waals surface area contributed by atoms with Crippen LogP contribution in [0.3, 0.4) is 0 Å². The fraction of sp³-hybridized carbons (Fsp3) is 0.300. The summed E-state index contributed by atoms with van der Waals surface area (Å²) in [6, 6.07) is 2.52. The summed E-state index contributed by atoms with van der Waals surface area (Å²) < 4.78 is 17.5. The lowest BCUT2D eigenvalue weighted by Crippen LogP contribution is -2.08.